The first kappa shape index (κ1) is 13.3. The van der Waals surface area contributed by atoms with Crippen LogP contribution in [0.2, 0.25) is 0 Å². The van der Waals surface area contributed by atoms with Crippen LogP contribution in [0, 0.1) is 17.8 Å². The van der Waals surface area contributed by atoms with Crippen LogP contribution in [0.25, 0.3) is 0 Å². The molecule has 2 aliphatic carbocycles. The third-order valence-electron chi connectivity index (χ3n) is 5.06. The molecule has 0 amide bonds. The largest absolute Gasteiger partial charge is 0.327 e. The maximum absolute atomic E-state index is 11.7. The molecule has 2 saturated carbocycles. The van der Waals surface area contributed by atoms with Gasteiger partial charge in [0.1, 0.15) is 9.84 Å². The van der Waals surface area contributed by atoms with Crippen molar-refractivity contribution in [1.82, 2.24) is 0 Å². The van der Waals surface area contributed by atoms with E-state index in [1.54, 1.807) is 0 Å². The molecule has 0 aliphatic heterocycles. The highest BCUT2D eigenvalue weighted by Gasteiger charge is 2.39. The lowest BCUT2D eigenvalue weighted by Gasteiger charge is -2.34. The molecule has 100 valence electrons. The summed E-state index contributed by atoms with van der Waals surface area (Å²) in [7, 11) is -2.85. The van der Waals surface area contributed by atoms with Crippen LogP contribution in [-0.2, 0) is 9.84 Å². The first-order valence-corrected chi connectivity index (χ1v) is 8.79. The van der Waals surface area contributed by atoms with Crippen LogP contribution in [0.5, 0.6) is 0 Å². The first-order valence-electron chi connectivity index (χ1n) is 6.84. The molecule has 0 saturated heterocycles. The topological polar surface area (TPSA) is 60.2 Å². The van der Waals surface area contributed by atoms with Crippen LogP contribution < -0.4 is 5.73 Å². The summed E-state index contributed by atoms with van der Waals surface area (Å²) in [5.41, 5.74) is 6.08. The molecule has 2 aliphatic rings. The highest BCUT2D eigenvalue weighted by Crippen LogP contribution is 2.43. The molecule has 5 atom stereocenters. The summed E-state index contributed by atoms with van der Waals surface area (Å²) >= 11 is 0. The fourth-order valence-electron chi connectivity index (χ4n) is 3.85. The molecular formula is C13H25NO2S. The summed E-state index contributed by atoms with van der Waals surface area (Å²) in [5, 5.41) is -0.0923. The Bertz CT molecular complexity index is 366. The average molecular weight is 259 g/mol. The van der Waals surface area contributed by atoms with Crippen molar-refractivity contribution in [3.63, 3.8) is 0 Å². The van der Waals surface area contributed by atoms with E-state index in [1.807, 2.05) is 0 Å². The number of sulfone groups is 1. The van der Waals surface area contributed by atoms with Crippen LogP contribution in [0.4, 0.5) is 0 Å². The van der Waals surface area contributed by atoms with Gasteiger partial charge in [0, 0.05) is 12.3 Å². The van der Waals surface area contributed by atoms with E-state index in [4.69, 9.17) is 5.73 Å². The highest BCUT2D eigenvalue weighted by molar-refractivity contribution is 7.91. The minimum Gasteiger partial charge on any atom is -0.327 e. The van der Waals surface area contributed by atoms with Gasteiger partial charge in [-0.25, -0.2) is 8.42 Å². The second-order valence-electron chi connectivity index (χ2n) is 6.14. The zero-order valence-corrected chi connectivity index (χ0v) is 11.7. The third-order valence-corrected chi connectivity index (χ3v) is 6.70. The predicted octanol–water partition coefficient (Wildman–Crippen LogP) is 1.96. The summed E-state index contributed by atoms with van der Waals surface area (Å²) in [6, 6.07) is 0.332. The number of hydrogen-bond acceptors (Lipinski definition) is 3. The molecule has 0 aromatic carbocycles. The monoisotopic (exact) mass is 259 g/mol. The lowest BCUT2D eigenvalue weighted by atomic mass is 9.75. The highest BCUT2D eigenvalue weighted by atomic mass is 32.2. The Morgan fingerprint density at radius 2 is 1.82 bits per heavy atom. The summed E-state index contributed by atoms with van der Waals surface area (Å²) in [6.45, 7) is 2.24. The van der Waals surface area contributed by atoms with Gasteiger partial charge in [0.05, 0.1) is 5.25 Å². The molecule has 3 nitrogen and oxygen atoms in total. The minimum atomic E-state index is -2.85. The van der Waals surface area contributed by atoms with Crippen LogP contribution in [-0.4, -0.2) is 26.0 Å². The van der Waals surface area contributed by atoms with Gasteiger partial charge < -0.3 is 5.73 Å². The van der Waals surface area contributed by atoms with Crippen molar-refractivity contribution in [1.29, 1.82) is 0 Å². The van der Waals surface area contributed by atoms with Crippen LogP contribution in [0.1, 0.15) is 45.4 Å². The van der Waals surface area contributed by atoms with Crippen molar-refractivity contribution in [3.05, 3.63) is 0 Å². The Labute approximate surface area is 105 Å². The van der Waals surface area contributed by atoms with Crippen LogP contribution >= 0.6 is 0 Å². The predicted molar refractivity (Wildman–Crippen MR) is 70.5 cm³/mol. The lowest BCUT2D eigenvalue weighted by molar-refractivity contribution is 0.207. The van der Waals surface area contributed by atoms with E-state index < -0.39 is 9.84 Å². The smallest absolute Gasteiger partial charge is 0.150 e. The Balaban J connectivity index is 2.03. The molecule has 2 fully saturated rings. The van der Waals surface area contributed by atoms with Crippen molar-refractivity contribution >= 4 is 9.84 Å². The standard InChI is InChI=1S/C13H25NO2S/c1-9-12(6-7-13(9)14)10-4-3-5-11(8-10)17(2,15)16/h9-13H,3-8,14H2,1-2H3. The van der Waals surface area contributed by atoms with E-state index in [1.165, 1.54) is 19.1 Å². The summed E-state index contributed by atoms with van der Waals surface area (Å²) < 4.78 is 23.3. The summed E-state index contributed by atoms with van der Waals surface area (Å²) in [5.74, 6) is 1.82. The van der Waals surface area contributed by atoms with E-state index in [2.05, 4.69) is 6.92 Å². The molecule has 0 aromatic rings. The van der Waals surface area contributed by atoms with E-state index in [-0.39, 0.29) is 5.25 Å². The molecule has 0 bridgehead atoms. The van der Waals surface area contributed by atoms with Gasteiger partial charge in [0.2, 0.25) is 0 Å². The normalized spacial score (nSPS) is 43.8. The van der Waals surface area contributed by atoms with Gasteiger partial charge in [0.25, 0.3) is 0 Å². The van der Waals surface area contributed by atoms with Gasteiger partial charge in [-0.05, 0) is 43.4 Å². The molecule has 0 spiro atoms. The van der Waals surface area contributed by atoms with E-state index in [9.17, 15) is 8.42 Å². The minimum absolute atomic E-state index is 0.0923. The number of rotatable bonds is 2. The van der Waals surface area contributed by atoms with Crippen molar-refractivity contribution in [2.75, 3.05) is 6.26 Å². The molecule has 2 N–H and O–H groups in total. The van der Waals surface area contributed by atoms with Gasteiger partial charge in [0.15, 0.2) is 0 Å². The Kier molecular flexibility index (Phi) is 3.83. The second kappa shape index (κ2) is 4.88. The molecule has 4 heteroatoms. The maximum atomic E-state index is 11.7. The van der Waals surface area contributed by atoms with E-state index in [0.717, 1.165) is 25.7 Å². The van der Waals surface area contributed by atoms with Gasteiger partial charge in [-0.15, -0.1) is 0 Å². The molecule has 5 unspecified atom stereocenters. The van der Waals surface area contributed by atoms with Crippen molar-refractivity contribution < 1.29 is 8.42 Å². The SMILES string of the molecule is CC1C(N)CCC1C1CCCC(S(C)(=O)=O)C1. The van der Waals surface area contributed by atoms with Crippen LogP contribution in [0.3, 0.4) is 0 Å². The molecule has 2 rings (SSSR count). The van der Waals surface area contributed by atoms with Crippen molar-refractivity contribution in [3.8, 4) is 0 Å². The maximum Gasteiger partial charge on any atom is 0.150 e. The van der Waals surface area contributed by atoms with Crippen molar-refractivity contribution in [2.45, 2.75) is 56.7 Å². The van der Waals surface area contributed by atoms with Gasteiger partial charge in [-0.1, -0.05) is 19.8 Å². The second-order valence-corrected chi connectivity index (χ2v) is 8.47. The number of nitrogens with two attached hydrogens (primary N) is 1. The van der Waals surface area contributed by atoms with Gasteiger partial charge >= 0.3 is 0 Å². The average Bonchev–Trinajstić information content (AvgIpc) is 2.59. The van der Waals surface area contributed by atoms with E-state index >= 15 is 0 Å². The quantitative estimate of drug-likeness (QED) is 0.824. The lowest BCUT2D eigenvalue weighted by Crippen LogP contribution is -2.34. The fourth-order valence-corrected chi connectivity index (χ4v) is 5.04. The first-order chi connectivity index (χ1) is 7.89. The molecule has 0 aromatic heterocycles. The van der Waals surface area contributed by atoms with Crippen molar-refractivity contribution in [2.24, 2.45) is 23.5 Å². The molecular weight excluding hydrogens is 234 g/mol. The molecule has 0 radical (unpaired) electrons. The Morgan fingerprint density at radius 3 is 2.35 bits per heavy atom. The van der Waals surface area contributed by atoms with Crippen LogP contribution in [0.15, 0.2) is 0 Å². The summed E-state index contributed by atoms with van der Waals surface area (Å²) in [4.78, 5) is 0. The number of hydrogen-bond donors (Lipinski definition) is 1. The van der Waals surface area contributed by atoms with Gasteiger partial charge in [-0.3, -0.25) is 0 Å². The Morgan fingerprint density at radius 1 is 1.12 bits per heavy atom. The van der Waals surface area contributed by atoms with E-state index in [0.29, 0.717) is 23.8 Å². The zero-order chi connectivity index (χ0) is 12.6. The molecule has 17 heavy (non-hydrogen) atoms. The summed E-state index contributed by atoms with van der Waals surface area (Å²) in [6.07, 6.45) is 7.72. The Hall–Kier alpha value is -0.0900. The van der Waals surface area contributed by atoms with Gasteiger partial charge in [-0.2, -0.15) is 0 Å². The fraction of sp³-hybridized carbons (Fsp3) is 1.00. The molecule has 0 heterocycles. The third kappa shape index (κ3) is 2.84. The zero-order valence-electron chi connectivity index (χ0n) is 10.9.